The molecule has 3 heteroatoms. The van der Waals surface area contributed by atoms with Crippen LogP contribution in [0.3, 0.4) is 0 Å². The van der Waals surface area contributed by atoms with Gasteiger partial charge in [-0.05, 0) is 32.9 Å². The number of hydrogen-bond acceptors (Lipinski definition) is 3. The molecule has 0 aliphatic carbocycles. The van der Waals surface area contributed by atoms with Gasteiger partial charge in [0.1, 0.15) is 17.5 Å². The lowest BCUT2D eigenvalue weighted by molar-refractivity contribution is 0.209. The lowest BCUT2D eigenvalue weighted by Gasteiger charge is -2.38. The summed E-state index contributed by atoms with van der Waals surface area (Å²) in [6.45, 7) is 7.34. The Morgan fingerprint density at radius 3 is 2.87 bits per heavy atom. The Balaban J connectivity index is 2.48. The van der Waals surface area contributed by atoms with Crippen molar-refractivity contribution in [2.75, 3.05) is 17.2 Å². The summed E-state index contributed by atoms with van der Waals surface area (Å²) in [4.78, 5) is 2.30. The highest BCUT2D eigenvalue weighted by Gasteiger charge is 2.26. The number of hydrogen-bond donors (Lipinski definition) is 1. The zero-order valence-corrected chi connectivity index (χ0v) is 9.53. The van der Waals surface area contributed by atoms with Gasteiger partial charge in [0.25, 0.3) is 0 Å². The predicted octanol–water partition coefficient (Wildman–Crippen LogP) is 2.26. The van der Waals surface area contributed by atoms with E-state index >= 15 is 0 Å². The van der Waals surface area contributed by atoms with Gasteiger partial charge >= 0.3 is 0 Å². The molecular weight excluding hydrogens is 188 g/mol. The lowest BCUT2D eigenvalue weighted by atomic mass is 10.1. The number of para-hydroxylation sites is 1. The number of fused-ring (bicyclic) bond motifs is 1. The summed E-state index contributed by atoms with van der Waals surface area (Å²) in [5.74, 6) is 0.905. The fourth-order valence-electron chi connectivity index (χ4n) is 2.03. The number of nitrogens with two attached hydrogens (primary N) is 1. The lowest BCUT2D eigenvalue weighted by Crippen LogP contribution is -2.42. The molecule has 1 unspecified atom stereocenters. The molecule has 1 aromatic rings. The van der Waals surface area contributed by atoms with Crippen molar-refractivity contribution in [3.05, 3.63) is 18.2 Å². The first-order valence-electron chi connectivity index (χ1n) is 5.41. The van der Waals surface area contributed by atoms with Crippen molar-refractivity contribution in [3.8, 4) is 5.75 Å². The fraction of sp³-hybridized carbons (Fsp3) is 0.500. The summed E-state index contributed by atoms with van der Waals surface area (Å²) >= 11 is 0. The Bertz CT molecular complexity index is 363. The number of nitrogen functional groups attached to an aromatic ring is 1. The Morgan fingerprint density at radius 2 is 2.20 bits per heavy atom. The maximum absolute atomic E-state index is 5.99. The second-order valence-corrected chi connectivity index (χ2v) is 4.37. The molecule has 0 bridgehead atoms. The summed E-state index contributed by atoms with van der Waals surface area (Å²) < 4.78 is 5.77. The van der Waals surface area contributed by atoms with Crippen LogP contribution in [0.4, 0.5) is 11.4 Å². The molecular formula is C12H18N2O. The maximum Gasteiger partial charge on any atom is 0.145 e. The monoisotopic (exact) mass is 206 g/mol. The topological polar surface area (TPSA) is 38.5 Å². The molecule has 0 saturated carbocycles. The van der Waals surface area contributed by atoms with Crippen molar-refractivity contribution < 1.29 is 4.74 Å². The maximum atomic E-state index is 5.99. The van der Waals surface area contributed by atoms with E-state index in [-0.39, 0.29) is 6.10 Å². The number of ether oxygens (including phenoxy) is 1. The summed E-state index contributed by atoms with van der Waals surface area (Å²) in [7, 11) is 0. The predicted molar refractivity (Wildman–Crippen MR) is 63.4 cm³/mol. The van der Waals surface area contributed by atoms with Crippen LogP contribution in [0.2, 0.25) is 0 Å². The van der Waals surface area contributed by atoms with Crippen LogP contribution in [0.5, 0.6) is 5.75 Å². The van der Waals surface area contributed by atoms with Gasteiger partial charge in [-0.15, -0.1) is 0 Å². The largest absolute Gasteiger partial charge is 0.487 e. The Hall–Kier alpha value is -1.38. The molecule has 2 rings (SSSR count). The minimum absolute atomic E-state index is 0.224. The minimum atomic E-state index is 0.224. The standard InChI is InChI=1S/C12H18N2O/c1-8(2)14-7-9(3)15-11-6-4-5-10(13)12(11)14/h4-6,8-9H,7,13H2,1-3H3. The summed E-state index contributed by atoms with van der Waals surface area (Å²) in [6, 6.07) is 6.29. The van der Waals surface area contributed by atoms with Gasteiger partial charge in [0.15, 0.2) is 0 Å². The van der Waals surface area contributed by atoms with E-state index in [1.807, 2.05) is 18.2 Å². The highest BCUT2D eigenvalue weighted by atomic mass is 16.5. The smallest absolute Gasteiger partial charge is 0.145 e. The quantitative estimate of drug-likeness (QED) is 0.716. The molecule has 1 heterocycles. The minimum Gasteiger partial charge on any atom is -0.487 e. The van der Waals surface area contributed by atoms with E-state index in [2.05, 4.69) is 25.7 Å². The first kappa shape index (κ1) is 10.1. The molecule has 1 atom stereocenters. The summed E-state index contributed by atoms with van der Waals surface area (Å²) in [5.41, 5.74) is 7.84. The Labute approximate surface area is 90.8 Å². The molecule has 1 aliphatic heterocycles. The molecule has 0 fully saturated rings. The van der Waals surface area contributed by atoms with Gasteiger partial charge in [0, 0.05) is 6.04 Å². The molecule has 0 aromatic heterocycles. The average Bonchev–Trinajstić information content (AvgIpc) is 2.16. The third kappa shape index (κ3) is 1.74. The summed E-state index contributed by atoms with van der Waals surface area (Å²) in [5, 5.41) is 0. The van der Waals surface area contributed by atoms with Gasteiger partial charge in [-0.3, -0.25) is 0 Å². The second kappa shape index (κ2) is 3.65. The molecule has 2 N–H and O–H groups in total. The summed E-state index contributed by atoms with van der Waals surface area (Å²) in [6.07, 6.45) is 0.224. The fourth-order valence-corrected chi connectivity index (χ4v) is 2.03. The van der Waals surface area contributed by atoms with Crippen molar-refractivity contribution in [1.29, 1.82) is 0 Å². The molecule has 82 valence electrons. The van der Waals surface area contributed by atoms with Crippen molar-refractivity contribution >= 4 is 11.4 Å². The number of nitrogens with zero attached hydrogens (tertiary/aromatic N) is 1. The van der Waals surface area contributed by atoms with Crippen molar-refractivity contribution in [1.82, 2.24) is 0 Å². The average molecular weight is 206 g/mol. The van der Waals surface area contributed by atoms with E-state index in [1.54, 1.807) is 0 Å². The van der Waals surface area contributed by atoms with Crippen molar-refractivity contribution in [3.63, 3.8) is 0 Å². The van der Waals surface area contributed by atoms with Crippen LogP contribution in [0.25, 0.3) is 0 Å². The zero-order chi connectivity index (χ0) is 11.0. The normalized spacial score (nSPS) is 20.0. The first-order chi connectivity index (χ1) is 7.09. The van der Waals surface area contributed by atoms with Gasteiger partial charge < -0.3 is 15.4 Å². The van der Waals surface area contributed by atoms with Crippen LogP contribution in [0.15, 0.2) is 18.2 Å². The molecule has 1 aromatic carbocycles. The molecule has 0 saturated heterocycles. The third-order valence-corrected chi connectivity index (χ3v) is 2.72. The van der Waals surface area contributed by atoms with Crippen LogP contribution in [-0.2, 0) is 0 Å². The molecule has 15 heavy (non-hydrogen) atoms. The van der Waals surface area contributed by atoms with Gasteiger partial charge in [0.05, 0.1) is 12.2 Å². The van der Waals surface area contributed by atoms with Gasteiger partial charge in [0.2, 0.25) is 0 Å². The molecule has 0 amide bonds. The van der Waals surface area contributed by atoms with Crippen LogP contribution < -0.4 is 15.4 Å². The van der Waals surface area contributed by atoms with Crippen LogP contribution >= 0.6 is 0 Å². The van der Waals surface area contributed by atoms with Crippen LogP contribution in [0, 0.1) is 0 Å². The van der Waals surface area contributed by atoms with Gasteiger partial charge in [-0.1, -0.05) is 6.07 Å². The third-order valence-electron chi connectivity index (χ3n) is 2.72. The van der Waals surface area contributed by atoms with Crippen LogP contribution in [0.1, 0.15) is 20.8 Å². The molecule has 1 aliphatic rings. The van der Waals surface area contributed by atoms with Crippen molar-refractivity contribution in [2.45, 2.75) is 32.9 Å². The van der Waals surface area contributed by atoms with Crippen molar-refractivity contribution in [2.24, 2.45) is 0 Å². The molecule has 3 nitrogen and oxygen atoms in total. The number of anilines is 2. The number of benzene rings is 1. The second-order valence-electron chi connectivity index (χ2n) is 4.37. The van der Waals surface area contributed by atoms with Gasteiger partial charge in [-0.25, -0.2) is 0 Å². The SMILES string of the molecule is CC1CN(C(C)C)c2c(N)cccc2O1. The van der Waals surface area contributed by atoms with E-state index in [4.69, 9.17) is 10.5 Å². The number of rotatable bonds is 1. The van der Waals surface area contributed by atoms with Gasteiger partial charge in [-0.2, -0.15) is 0 Å². The Morgan fingerprint density at radius 1 is 1.47 bits per heavy atom. The van der Waals surface area contributed by atoms with E-state index < -0.39 is 0 Å². The van der Waals surface area contributed by atoms with E-state index in [0.29, 0.717) is 6.04 Å². The zero-order valence-electron chi connectivity index (χ0n) is 9.53. The molecule has 0 radical (unpaired) electrons. The van der Waals surface area contributed by atoms with Crippen LogP contribution in [-0.4, -0.2) is 18.7 Å². The Kier molecular flexibility index (Phi) is 2.47. The first-order valence-corrected chi connectivity index (χ1v) is 5.41. The van der Waals surface area contributed by atoms with E-state index in [0.717, 1.165) is 23.7 Å². The van der Waals surface area contributed by atoms with E-state index in [9.17, 15) is 0 Å². The highest BCUT2D eigenvalue weighted by molar-refractivity contribution is 5.76. The van der Waals surface area contributed by atoms with E-state index in [1.165, 1.54) is 0 Å². The highest BCUT2D eigenvalue weighted by Crippen LogP contribution is 2.39. The molecule has 0 spiro atoms.